The van der Waals surface area contributed by atoms with Crippen molar-refractivity contribution in [3.8, 4) is 16.9 Å². The number of hydrogen-bond acceptors (Lipinski definition) is 9. The molecule has 0 spiro atoms. The van der Waals surface area contributed by atoms with Crippen LogP contribution in [0.25, 0.3) is 22.0 Å². The van der Waals surface area contributed by atoms with E-state index in [1.165, 1.54) is 4.90 Å². The van der Waals surface area contributed by atoms with Crippen molar-refractivity contribution < 1.29 is 37.5 Å². The lowest BCUT2D eigenvalue weighted by atomic mass is 9.92. The van der Waals surface area contributed by atoms with Gasteiger partial charge < -0.3 is 36.3 Å². The Labute approximate surface area is 358 Å². The summed E-state index contributed by atoms with van der Waals surface area (Å²) in [6, 6.07) is 15.7. The number of halogens is 2. The molecule has 0 radical (unpaired) electrons. The van der Waals surface area contributed by atoms with E-state index in [0.717, 1.165) is 58.8 Å². The van der Waals surface area contributed by atoms with Crippen LogP contribution in [-0.2, 0) is 32.3 Å². The number of carbonyl (C=O) groups excluding carboxylic acids is 5. The lowest BCUT2D eigenvalue weighted by Gasteiger charge is -2.30. The summed E-state index contributed by atoms with van der Waals surface area (Å²) in [4.78, 5) is 64.1. The second-order valence-electron chi connectivity index (χ2n) is 16.3. The molecule has 3 aliphatic rings. The van der Waals surface area contributed by atoms with Crippen molar-refractivity contribution in [2.45, 2.75) is 114 Å². The molecule has 7 N–H and O–H groups in total. The summed E-state index contributed by atoms with van der Waals surface area (Å²) in [7, 11) is 0. The SMILES string of the molecule is Nc1ccc2c(-c3cccc(C(N)S)c3)cn(C3CCC(F)(F)CC3)c2c1CNC(=O)CCCCCCCNC(=O)COc1cccc2c1CN(C1CCC(=O)NC1=O)C2=O. The standard InChI is InChI=1S/C45H53F2N7O6S/c46-45(47)19-17-29(18-20-45)53-24-33(27-8-6-9-28(22-27)42(49)61)30-13-14-35(48)32(41(30)53)23-51-38(55)12-4-2-1-3-5-21-50-40(57)26-60-37-11-7-10-31-34(37)25-54(44(31)59)36-15-16-39(56)52-43(36)58/h6-11,13-14,22,24,29,36,42,61H,1-5,12,15-21,23,25-26,48-49H2,(H,50,57)(H,51,55)(H,52,56,58). The number of amides is 5. The van der Waals surface area contributed by atoms with Gasteiger partial charge in [-0.15, -0.1) is 0 Å². The number of benzene rings is 3. The van der Waals surface area contributed by atoms with Crippen LogP contribution in [0.5, 0.6) is 5.75 Å². The van der Waals surface area contributed by atoms with Gasteiger partial charge in [-0.3, -0.25) is 29.3 Å². The number of fused-ring (bicyclic) bond motifs is 2. The van der Waals surface area contributed by atoms with Gasteiger partial charge in [0.05, 0.1) is 17.4 Å². The third-order valence-electron chi connectivity index (χ3n) is 12.0. The highest BCUT2D eigenvalue weighted by Gasteiger charge is 2.40. The predicted molar refractivity (Wildman–Crippen MR) is 231 cm³/mol. The van der Waals surface area contributed by atoms with Gasteiger partial charge in [0, 0.05) is 84.3 Å². The molecule has 7 rings (SSSR count). The second kappa shape index (κ2) is 19.1. The number of rotatable bonds is 17. The van der Waals surface area contributed by atoms with Gasteiger partial charge in [0.2, 0.25) is 23.6 Å². The molecule has 16 heteroatoms. The fourth-order valence-corrected chi connectivity index (χ4v) is 8.83. The van der Waals surface area contributed by atoms with Crippen molar-refractivity contribution in [2.75, 3.05) is 18.9 Å². The van der Waals surface area contributed by atoms with Gasteiger partial charge in [-0.2, -0.15) is 12.6 Å². The van der Waals surface area contributed by atoms with Gasteiger partial charge in [-0.1, -0.05) is 49.6 Å². The maximum atomic E-state index is 14.2. The zero-order valence-corrected chi connectivity index (χ0v) is 34.9. The van der Waals surface area contributed by atoms with Crippen molar-refractivity contribution in [3.63, 3.8) is 0 Å². The number of aromatic nitrogens is 1. The van der Waals surface area contributed by atoms with Crippen LogP contribution in [0.4, 0.5) is 14.5 Å². The molecule has 1 aliphatic carbocycles. The summed E-state index contributed by atoms with van der Waals surface area (Å²) >= 11 is 4.41. The first-order valence-electron chi connectivity index (χ1n) is 21.1. The minimum atomic E-state index is -2.68. The first-order valence-corrected chi connectivity index (χ1v) is 21.6. The van der Waals surface area contributed by atoms with E-state index < -0.39 is 23.2 Å². The highest BCUT2D eigenvalue weighted by molar-refractivity contribution is 7.80. The van der Waals surface area contributed by atoms with E-state index in [1.54, 1.807) is 18.2 Å². The molecular weight excluding hydrogens is 805 g/mol. The summed E-state index contributed by atoms with van der Waals surface area (Å²) in [5.74, 6) is -3.84. The van der Waals surface area contributed by atoms with Crippen LogP contribution in [-0.4, -0.2) is 64.1 Å². The molecule has 1 saturated heterocycles. The molecule has 4 aromatic rings. The smallest absolute Gasteiger partial charge is 0.257 e. The average Bonchev–Trinajstić information content (AvgIpc) is 3.79. The highest BCUT2D eigenvalue weighted by atomic mass is 32.1. The Hall–Kier alpha value is -5.48. The van der Waals surface area contributed by atoms with Crippen LogP contribution in [0.3, 0.4) is 0 Å². The summed E-state index contributed by atoms with van der Waals surface area (Å²) in [6.07, 6.45) is 7.08. The lowest BCUT2D eigenvalue weighted by Crippen LogP contribution is -2.52. The van der Waals surface area contributed by atoms with Crippen molar-refractivity contribution in [3.05, 3.63) is 83.0 Å². The van der Waals surface area contributed by atoms with Gasteiger partial charge >= 0.3 is 0 Å². The number of anilines is 1. The number of carbonyl (C=O) groups is 5. The Bertz CT molecular complexity index is 2310. The highest BCUT2D eigenvalue weighted by Crippen LogP contribution is 2.44. The van der Waals surface area contributed by atoms with Crippen molar-refractivity contribution in [2.24, 2.45) is 5.73 Å². The topological polar surface area (TPSA) is 191 Å². The molecule has 61 heavy (non-hydrogen) atoms. The van der Waals surface area contributed by atoms with Crippen LogP contribution >= 0.6 is 12.6 Å². The summed E-state index contributed by atoms with van der Waals surface area (Å²) in [5.41, 5.74) is 18.5. The van der Waals surface area contributed by atoms with Gasteiger partial charge in [-0.05, 0) is 67.5 Å². The third-order valence-corrected chi connectivity index (χ3v) is 12.3. The van der Waals surface area contributed by atoms with Crippen LogP contribution in [0.15, 0.2) is 60.8 Å². The van der Waals surface area contributed by atoms with E-state index in [0.29, 0.717) is 54.8 Å². The molecule has 1 aromatic heterocycles. The van der Waals surface area contributed by atoms with Crippen molar-refractivity contribution in [1.82, 2.24) is 25.4 Å². The quantitative estimate of drug-likeness (QED) is 0.0230. The molecule has 2 atom stereocenters. The van der Waals surface area contributed by atoms with Crippen molar-refractivity contribution in [1.29, 1.82) is 0 Å². The number of nitrogens with one attached hydrogen (secondary N) is 3. The van der Waals surface area contributed by atoms with Crippen LogP contribution in [0.1, 0.15) is 116 Å². The fourth-order valence-electron chi connectivity index (χ4n) is 8.67. The van der Waals surface area contributed by atoms with Crippen LogP contribution in [0.2, 0.25) is 0 Å². The van der Waals surface area contributed by atoms with E-state index in [2.05, 4.69) is 33.1 Å². The zero-order valence-electron chi connectivity index (χ0n) is 34.0. The molecule has 2 aliphatic heterocycles. The molecule has 0 bridgehead atoms. The van der Waals surface area contributed by atoms with E-state index >= 15 is 0 Å². The molecule has 1 saturated carbocycles. The Balaban J connectivity index is 0.850. The maximum absolute atomic E-state index is 14.2. The second-order valence-corrected chi connectivity index (χ2v) is 16.8. The normalized spacial score (nSPS) is 18.2. The van der Waals surface area contributed by atoms with E-state index in [9.17, 15) is 32.8 Å². The van der Waals surface area contributed by atoms with Gasteiger partial charge in [0.1, 0.15) is 11.8 Å². The Morgan fingerprint density at radius 3 is 2.46 bits per heavy atom. The minimum Gasteiger partial charge on any atom is -0.483 e. The van der Waals surface area contributed by atoms with Gasteiger partial charge in [-0.25, -0.2) is 8.78 Å². The number of thiol groups is 1. The first-order chi connectivity index (χ1) is 29.3. The number of unbranched alkanes of at least 4 members (excludes halogenated alkanes) is 4. The molecule has 3 heterocycles. The Morgan fingerprint density at radius 2 is 1.69 bits per heavy atom. The summed E-state index contributed by atoms with van der Waals surface area (Å²) in [5, 5.41) is 8.66. The minimum absolute atomic E-state index is 0.105. The third kappa shape index (κ3) is 10.2. The number of hydrogen-bond donors (Lipinski definition) is 6. The van der Waals surface area contributed by atoms with Gasteiger partial charge in [0.15, 0.2) is 6.61 Å². The largest absolute Gasteiger partial charge is 0.483 e. The van der Waals surface area contributed by atoms with Gasteiger partial charge in [0.25, 0.3) is 11.8 Å². The lowest BCUT2D eigenvalue weighted by molar-refractivity contribution is -0.137. The summed E-state index contributed by atoms with van der Waals surface area (Å²) in [6.45, 7) is 0.582. The molecule has 5 amide bonds. The molecule has 2 fully saturated rings. The number of imide groups is 1. The maximum Gasteiger partial charge on any atom is 0.257 e. The van der Waals surface area contributed by atoms with E-state index in [4.69, 9.17) is 16.2 Å². The summed E-state index contributed by atoms with van der Waals surface area (Å²) < 4.78 is 36.3. The number of nitrogen functional groups attached to an aromatic ring is 1. The van der Waals surface area contributed by atoms with Crippen LogP contribution < -0.4 is 32.2 Å². The molecule has 2 unspecified atom stereocenters. The monoisotopic (exact) mass is 857 g/mol. The molecule has 13 nitrogen and oxygen atoms in total. The average molecular weight is 858 g/mol. The number of piperidine rings is 1. The Morgan fingerprint density at radius 1 is 0.934 bits per heavy atom. The zero-order chi connectivity index (χ0) is 43.3. The molecular formula is C45H53F2N7O6S. The number of nitrogens with two attached hydrogens (primary N) is 2. The number of ether oxygens (including phenoxy) is 1. The first kappa shape index (κ1) is 43.6. The predicted octanol–water partition coefficient (Wildman–Crippen LogP) is 6.44. The van der Waals surface area contributed by atoms with E-state index in [-0.39, 0.29) is 75.1 Å². The van der Waals surface area contributed by atoms with Crippen molar-refractivity contribution >= 4 is 58.8 Å². The Kier molecular flexibility index (Phi) is 13.6. The number of alkyl halides is 2. The molecule has 3 aromatic carbocycles. The fraction of sp³-hybridized carbons (Fsp3) is 0.444. The number of nitrogens with zero attached hydrogens (tertiary/aromatic N) is 2. The van der Waals surface area contributed by atoms with Crippen LogP contribution in [0, 0.1) is 0 Å². The molecule has 324 valence electrons. The van der Waals surface area contributed by atoms with E-state index in [1.807, 2.05) is 42.6 Å².